The van der Waals surface area contributed by atoms with Crippen molar-refractivity contribution in [3.8, 4) is 10.4 Å². The van der Waals surface area contributed by atoms with Crippen LogP contribution in [0.5, 0.6) is 0 Å². The standard InChI is InChI=1S/C38H51N9O5S/c1-23(25-6-8-26(9-7-25)33-24(2)41-22-53-33)42-36(51)30-16-29(48)20-47(30)37(52)34(38(3,4)5)43-32(49)21-44-18-28(19-44)45-12-14-46(15-13-45)31-11-10-27(17-40-31)35(39)50/h6-11,17,22-23,28-30,34,48H,12-16,18-21H2,1-5H3,(H2,39,50)(H,42,51)(H,43,49)/t23-,29+,30?,34+/m0/s1. The van der Waals surface area contributed by atoms with Gasteiger partial charge in [0.15, 0.2) is 0 Å². The third-order valence-electron chi connectivity index (χ3n) is 10.6. The number of aliphatic hydroxyl groups excluding tert-OH is 1. The number of β-amino-alcohol motifs (C(OH)–C–C–N with tert-alkyl or cyclic N) is 1. The second-order valence-electron chi connectivity index (χ2n) is 15.5. The minimum Gasteiger partial charge on any atom is -0.391 e. The molecule has 1 unspecified atom stereocenters. The molecule has 5 heterocycles. The summed E-state index contributed by atoms with van der Waals surface area (Å²) in [5.41, 5.74) is 9.86. The van der Waals surface area contributed by atoms with Gasteiger partial charge in [-0.1, -0.05) is 45.0 Å². The Morgan fingerprint density at radius 3 is 2.26 bits per heavy atom. The molecule has 0 aliphatic carbocycles. The lowest BCUT2D eigenvalue weighted by molar-refractivity contribution is -0.144. The van der Waals surface area contributed by atoms with E-state index in [1.165, 1.54) is 11.1 Å². The van der Waals surface area contributed by atoms with Crippen LogP contribution in [-0.2, 0) is 14.4 Å². The number of rotatable bonds is 11. The van der Waals surface area contributed by atoms with Gasteiger partial charge in [0, 0.05) is 64.5 Å². The SMILES string of the molecule is Cc1ncsc1-c1ccc([C@H](C)NC(=O)C2C[C@@H](O)CN2C(=O)[C@@H](NC(=O)CN2CC(N3CCN(c4ccc(C(N)=O)cn4)CC3)C2)C(C)(C)C)cc1. The number of likely N-dealkylation sites (tertiary alicyclic amines) is 2. The average molecular weight is 746 g/mol. The third kappa shape index (κ3) is 8.86. The zero-order valence-electron chi connectivity index (χ0n) is 31.1. The van der Waals surface area contributed by atoms with Crippen LogP contribution in [-0.4, -0.2) is 130 Å². The first-order valence-electron chi connectivity index (χ1n) is 18.2. The number of pyridine rings is 1. The molecular weight excluding hydrogens is 695 g/mol. The highest BCUT2D eigenvalue weighted by Gasteiger charge is 2.45. The molecule has 1 aromatic carbocycles. The van der Waals surface area contributed by atoms with Crippen LogP contribution in [0.25, 0.3) is 10.4 Å². The molecule has 2 aromatic heterocycles. The summed E-state index contributed by atoms with van der Waals surface area (Å²) >= 11 is 1.58. The Hall–Kier alpha value is -4.44. The Balaban J connectivity index is 0.992. The number of anilines is 1. The molecule has 5 N–H and O–H groups in total. The van der Waals surface area contributed by atoms with Gasteiger partial charge in [0.25, 0.3) is 0 Å². The molecule has 284 valence electrons. The molecule has 4 amide bonds. The molecule has 53 heavy (non-hydrogen) atoms. The van der Waals surface area contributed by atoms with Gasteiger partial charge in [-0.25, -0.2) is 9.97 Å². The molecule has 3 aromatic rings. The van der Waals surface area contributed by atoms with Crippen molar-refractivity contribution in [1.29, 1.82) is 0 Å². The van der Waals surface area contributed by atoms with Crippen molar-refractivity contribution in [1.82, 2.24) is 35.3 Å². The summed E-state index contributed by atoms with van der Waals surface area (Å²) in [4.78, 5) is 70.4. The fourth-order valence-corrected chi connectivity index (χ4v) is 8.17. The summed E-state index contributed by atoms with van der Waals surface area (Å²) < 4.78 is 0. The van der Waals surface area contributed by atoms with Gasteiger partial charge in [-0.3, -0.25) is 29.0 Å². The Kier molecular flexibility index (Phi) is 11.5. The predicted molar refractivity (Wildman–Crippen MR) is 203 cm³/mol. The number of aryl methyl sites for hydroxylation is 1. The van der Waals surface area contributed by atoms with E-state index in [9.17, 15) is 24.3 Å². The third-order valence-corrected chi connectivity index (χ3v) is 11.5. The summed E-state index contributed by atoms with van der Waals surface area (Å²) in [6.07, 6.45) is 0.788. The van der Waals surface area contributed by atoms with E-state index in [2.05, 4.69) is 35.3 Å². The van der Waals surface area contributed by atoms with Gasteiger partial charge < -0.3 is 31.3 Å². The summed E-state index contributed by atoms with van der Waals surface area (Å²) in [7, 11) is 0. The van der Waals surface area contributed by atoms with Gasteiger partial charge in [0.05, 0.1) is 40.3 Å². The van der Waals surface area contributed by atoms with E-state index in [1.54, 1.807) is 17.4 Å². The van der Waals surface area contributed by atoms with E-state index in [1.807, 2.05) is 70.5 Å². The van der Waals surface area contributed by atoms with Crippen LogP contribution in [0.1, 0.15) is 61.8 Å². The Labute approximate surface area is 314 Å². The Morgan fingerprint density at radius 1 is 0.981 bits per heavy atom. The minimum atomic E-state index is -0.883. The van der Waals surface area contributed by atoms with Crippen molar-refractivity contribution in [3.05, 3.63) is 64.9 Å². The first-order chi connectivity index (χ1) is 25.2. The number of nitrogens with one attached hydrogen (secondary N) is 2. The van der Waals surface area contributed by atoms with E-state index in [0.717, 1.165) is 66.8 Å². The lowest BCUT2D eigenvalue weighted by Gasteiger charge is -2.48. The maximum absolute atomic E-state index is 14.1. The average Bonchev–Trinajstić information content (AvgIpc) is 3.73. The smallest absolute Gasteiger partial charge is 0.250 e. The number of nitrogens with zero attached hydrogens (tertiary/aromatic N) is 6. The number of benzene rings is 1. The van der Waals surface area contributed by atoms with Crippen LogP contribution < -0.4 is 21.3 Å². The number of thiazole rings is 1. The summed E-state index contributed by atoms with van der Waals surface area (Å²) in [6.45, 7) is 14.5. The molecule has 3 aliphatic heterocycles. The first kappa shape index (κ1) is 38.3. The van der Waals surface area contributed by atoms with E-state index < -0.39 is 29.5 Å². The normalized spacial score (nSPS) is 21.2. The van der Waals surface area contributed by atoms with Crippen molar-refractivity contribution in [2.75, 3.05) is 57.3 Å². The number of piperazine rings is 1. The van der Waals surface area contributed by atoms with E-state index in [4.69, 9.17) is 5.73 Å². The number of hydrogen-bond donors (Lipinski definition) is 4. The molecule has 0 radical (unpaired) electrons. The zero-order valence-corrected chi connectivity index (χ0v) is 31.9. The topological polar surface area (TPSA) is 177 Å². The molecule has 3 aliphatic rings. The van der Waals surface area contributed by atoms with Gasteiger partial charge in [-0.15, -0.1) is 11.3 Å². The highest BCUT2D eigenvalue weighted by atomic mass is 32.1. The fraction of sp³-hybridized carbons (Fsp3) is 0.526. The molecule has 3 fully saturated rings. The van der Waals surface area contributed by atoms with Gasteiger partial charge in [-0.05, 0) is 42.5 Å². The zero-order chi connectivity index (χ0) is 38.0. The van der Waals surface area contributed by atoms with Crippen LogP contribution in [0.4, 0.5) is 5.82 Å². The number of amides is 4. The summed E-state index contributed by atoms with van der Waals surface area (Å²) in [6, 6.07) is 9.77. The molecule has 14 nitrogen and oxygen atoms in total. The number of nitrogens with two attached hydrogens (primary N) is 1. The number of aliphatic hydroxyl groups is 1. The highest BCUT2D eigenvalue weighted by Crippen LogP contribution is 2.30. The molecular formula is C38H51N9O5S. The highest BCUT2D eigenvalue weighted by molar-refractivity contribution is 7.13. The molecule has 6 rings (SSSR count). The summed E-state index contributed by atoms with van der Waals surface area (Å²) in [5.74, 6) is -0.646. The van der Waals surface area contributed by atoms with Crippen LogP contribution in [0.2, 0.25) is 0 Å². The molecule has 15 heteroatoms. The van der Waals surface area contributed by atoms with Crippen molar-refractivity contribution in [2.24, 2.45) is 11.1 Å². The summed E-state index contributed by atoms with van der Waals surface area (Å²) in [5, 5.41) is 16.6. The van der Waals surface area contributed by atoms with Crippen LogP contribution in [0.3, 0.4) is 0 Å². The van der Waals surface area contributed by atoms with Crippen LogP contribution >= 0.6 is 11.3 Å². The van der Waals surface area contributed by atoms with Crippen LogP contribution in [0.15, 0.2) is 48.1 Å². The molecule has 3 saturated heterocycles. The largest absolute Gasteiger partial charge is 0.391 e. The molecule has 0 bridgehead atoms. The first-order valence-corrected chi connectivity index (χ1v) is 19.1. The number of carbonyl (C=O) groups excluding carboxylic acids is 4. The van der Waals surface area contributed by atoms with Crippen molar-refractivity contribution < 1.29 is 24.3 Å². The van der Waals surface area contributed by atoms with Crippen molar-refractivity contribution in [3.63, 3.8) is 0 Å². The molecule has 4 atom stereocenters. The molecule has 0 saturated carbocycles. The number of carbonyl (C=O) groups is 4. The Bertz CT molecular complexity index is 1780. The van der Waals surface area contributed by atoms with E-state index in [0.29, 0.717) is 11.6 Å². The van der Waals surface area contributed by atoms with Gasteiger partial charge >= 0.3 is 0 Å². The minimum absolute atomic E-state index is 0.0203. The van der Waals surface area contributed by atoms with Crippen molar-refractivity contribution in [2.45, 2.75) is 71.3 Å². The fourth-order valence-electron chi connectivity index (χ4n) is 7.36. The maximum Gasteiger partial charge on any atom is 0.250 e. The predicted octanol–water partition coefficient (Wildman–Crippen LogP) is 1.79. The number of hydrogen-bond acceptors (Lipinski definition) is 11. The van der Waals surface area contributed by atoms with Gasteiger partial charge in [-0.2, -0.15) is 0 Å². The van der Waals surface area contributed by atoms with Gasteiger partial charge in [0.1, 0.15) is 17.9 Å². The lowest BCUT2D eigenvalue weighted by Crippen LogP contribution is -2.65. The van der Waals surface area contributed by atoms with Crippen LogP contribution in [0, 0.1) is 12.3 Å². The quantitative estimate of drug-likeness (QED) is 0.226. The van der Waals surface area contributed by atoms with Crippen molar-refractivity contribution >= 4 is 40.8 Å². The molecule has 0 spiro atoms. The number of aromatic nitrogens is 2. The Morgan fingerprint density at radius 2 is 1.68 bits per heavy atom. The maximum atomic E-state index is 14.1. The van der Waals surface area contributed by atoms with E-state index >= 15 is 0 Å². The number of primary amides is 1. The van der Waals surface area contributed by atoms with Gasteiger partial charge in [0.2, 0.25) is 23.6 Å². The van der Waals surface area contributed by atoms with E-state index in [-0.39, 0.29) is 43.3 Å². The second kappa shape index (κ2) is 15.9. The monoisotopic (exact) mass is 745 g/mol. The lowest BCUT2D eigenvalue weighted by atomic mass is 9.85. The second-order valence-corrected chi connectivity index (χ2v) is 16.4.